The zero-order valence-electron chi connectivity index (χ0n) is 9.85. The first kappa shape index (κ1) is 11.5. The van der Waals surface area contributed by atoms with Crippen molar-refractivity contribution in [3.05, 3.63) is 12.2 Å². The normalized spacial score (nSPS) is 17.1. The number of hydrogen-bond donors (Lipinski definition) is 1. The highest BCUT2D eigenvalue weighted by atomic mass is 16.5. The van der Waals surface area contributed by atoms with E-state index in [0.717, 1.165) is 25.5 Å². The molecule has 1 aromatic heterocycles. The molecule has 5 heteroatoms. The van der Waals surface area contributed by atoms with Crippen molar-refractivity contribution in [3.8, 4) is 0 Å². The Hall–Kier alpha value is -0.940. The Kier molecular flexibility index (Phi) is 4.30. The molecule has 1 aliphatic rings. The van der Waals surface area contributed by atoms with Gasteiger partial charge < -0.3 is 10.1 Å². The summed E-state index contributed by atoms with van der Waals surface area (Å²) in [7, 11) is 1.90. The van der Waals surface area contributed by atoms with Crippen LogP contribution in [-0.2, 0) is 18.3 Å². The van der Waals surface area contributed by atoms with E-state index in [9.17, 15) is 0 Å². The van der Waals surface area contributed by atoms with E-state index in [1.165, 1.54) is 25.7 Å². The summed E-state index contributed by atoms with van der Waals surface area (Å²) in [6, 6.07) is 0. The summed E-state index contributed by atoms with van der Waals surface area (Å²) in [6.07, 6.45) is 7.23. The summed E-state index contributed by atoms with van der Waals surface area (Å²) in [6.45, 7) is 2.43. The lowest BCUT2D eigenvalue weighted by atomic mass is 10.3. The molecule has 2 rings (SSSR count). The van der Waals surface area contributed by atoms with Crippen molar-refractivity contribution in [2.45, 2.75) is 38.3 Å². The molecular weight excluding hydrogens is 204 g/mol. The molecule has 1 saturated carbocycles. The lowest BCUT2D eigenvalue weighted by Crippen LogP contribution is -2.23. The van der Waals surface area contributed by atoms with Gasteiger partial charge in [0.15, 0.2) is 0 Å². The van der Waals surface area contributed by atoms with Gasteiger partial charge in [-0.3, -0.25) is 4.68 Å². The van der Waals surface area contributed by atoms with Gasteiger partial charge in [0, 0.05) is 13.6 Å². The van der Waals surface area contributed by atoms with E-state index in [-0.39, 0.29) is 0 Å². The monoisotopic (exact) mass is 224 g/mol. The van der Waals surface area contributed by atoms with Crippen molar-refractivity contribution in [2.75, 3.05) is 13.2 Å². The Morgan fingerprint density at radius 1 is 1.50 bits per heavy atom. The number of aryl methyl sites for hydroxylation is 1. The molecule has 1 aliphatic carbocycles. The molecule has 0 atom stereocenters. The summed E-state index contributed by atoms with van der Waals surface area (Å²) < 4.78 is 7.53. The van der Waals surface area contributed by atoms with E-state index in [2.05, 4.69) is 15.4 Å². The smallest absolute Gasteiger partial charge is 0.140 e. The molecule has 5 nitrogen and oxygen atoms in total. The van der Waals surface area contributed by atoms with Gasteiger partial charge >= 0.3 is 0 Å². The summed E-state index contributed by atoms with van der Waals surface area (Å²) in [5.74, 6) is 0.959. The van der Waals surface area contributed by atoms with E-state index in [4.69, 9.17) is 4.74 Å². The van der Waals surface area contributed by atoms with Crippen LogP contribution in [0.4, 0.5) is 0 Å². The standard InChI is InChI=1S/C11H20N4O/c1-15-11(13-9-14-15)8-12-6-7-16-10-4-2-3-5-10/h9-10,12H,2-8H2,1H3. The first-order valence-corrected chi connectivity index (χ1v) is 6.01. The van der Waals surface area contributed by atoms with Gasteiger partial charge in [0.25, 0.3) is 0 Å². The second kappa shape index (κ2) is 5.96. The number of nitrogens with one attached hydrogen (secondary N) is 1. The lowest BCUT2D eigenvalue weighted by molar-refractivity contribution is 0.0601. The summed E-state index contributed by atoms with van der Waals surface area (Å²) in [5.41, 5.74) is 0. The molecule has 1 N–H and O–H groups in total. The third-order valence-corrected chi connectivity index (χ3v) is 3.02. The Bertz CT molecular complexity index is 307. The third kappa shape index (κ3) is 3.28. The fourth-order valence-electron chi connectivity index (χ4n) is 2.03. The molecule has 1 aromatic rings. The van der Waals surface area contributed by atoms with E-state index in [1.807, 2.05) is 7.05 Å². The van der Waals surface area contributed by atoms with Crippen molar-refractivity contribution >= 4 is 0 Å². The van der Waals surface area contributed by atoms with Gasteiger partial charge in [0.2, 0.25) is 0 Å². The molecule has 0 saturated heterocycles. The van der Waals surface area contributed by atoms with Crippen LogP contribution in [0.5, 0.6) is 0 Å². The van der Waals surface area contributed by atoms with Crippen LogP contribution in [0.2, 0.25) is 0 Å². The Balaban J connectivity index is 1.53. The summed E-state index contributed by atoms with van der Waals surface area (Å²) in [4.78, 5) is 4.14. The molecule has 0 unspecified atom stereocenters. The highest BCUT2D eigenvalue weighted by Crippen LogP contribution is 2.20. The van der Waals surface area contributed by atoms with Gasteiger partial charge in [0.1, 0.15) is 12.2 Å². The van der Waals surface area contributed by atoms with Gasteiger partial charge in [-0.2, -0.15) is 5.10 Å². The number of nitrogens with zero attached hydrogens (tertiary/aromatic N) is 3. The molecule has 0 amide bonds. The maximum atomic E-state index is 5.75. The molecule has 1 heterocycles. The van der Waals surface area contributed by atoms with E-state index >= 15 is 0 Å². The van der Waals surface area contributed by atoms with E-state index < -0.39 is 0 Å². The first-order valence-electron chi connectivity index (χ1n) is 6.01. The quantitative estimate of drug-likeness (QED) is 0.728. The molecule has 1 fully saturated rings. The fourth-order valence-corrected chi connectivity index (χ4v) is 2.03. The average molecular weight is 224 g/mol. The predicted molar refractivity (Wildman–Crippen MR) is 60.9 cm³/mol. The van der Waals surface area contributed by atoms with Crippen LogP contribution < -0.4 is 5.32 Å². The minimum atomic E-state index is 0.511. The number of rotatable bonds is 6. The number of hydrogen-bond acceptors (Lipinski definition) is 4. The fraction of sp³-hybridized carbons (Fsp3) is 0.818. The van der Waals surface area contributed by atoms with Crippen molar-refractivity contribution < 1.29 is 4.74 Å². The van der Waals surface area contributed by atoms with Crippen molar-refractivity contribution in [2.24, 2.45) is 7.05 Å². The summed E-state index contributed by atoms with van der Waals surface area (Å²) >= 11 is 0. The van der Waals surface area contributed by atoms with Crippen LogP contribution >= 0.6 is 0 Å². The van der Waals surface area contributed by atoms with Crippen LogP contribution in [0.15, 0.2) is 6.33 Å². The summed E-state index contributed by atoms with van der Waals surface area (Å²) in [5, 5.41) is 7.32. The van der Waals surface area contributed by atoms with Gasteiger partial charge in [-0.15, -0.1) is 0 Å². The van der Waals surface area contributed by atoms with Gasteiger partial charge in [-0.1, -0.05) is 12.8 Å². The molecule has 0 aliphatic heterocycles. The second-order valence-electron chi connectivity index (χ2n) is 4.25. The number of aromatic nitrogens is 3. The highest BCUT2D eigenvalue weighted by Gasteiger charge is 2.14. The van der Waals surface area contributed by atoms with Crippen molar-refractivity contribution in [1.29, 1.82) is 0 Å². The minimum absolute atomic E-state index is 0.511. The largest absolute Gasteiger partial charge is 0.377 e. The zero-order chi connectivity index (χ0) is 11.2. The maximum Gasteiger partial charge on any atom is 0.140 e. The number of ether oxygens (including phenoxy) is 1. The second-order valence-corrected chi connectivity index (χ2v) is 4.25. The average Bonchev–Trinajstić information content (AvgIpc) is 2.90. The van der Waals surface area contributed by atoms with Gasteiger partial charge in [0.05, 0.1) is 19.3 Å². The molecule has 0 spiro atoms. The van der Waals surface area contributed by atoms with Crippen molar-refractivity contribution in [3.63, 3.8) is 0 Å². The lowest BCUT2D eigenvalue weighted by Gasteiger charge is -2.11. The predicted octanol–water partition coefficient (Wildman–Crippen LogP) is 0.864. The Labute approximate surface area is 96.2 Å². The molecule has 16 heavy (non-hydrogen) atoms. The van der Waals surface area contributed by atoms with Crippen molar-refractivity contribution in [1.82, 2.24) is 20.1 Å². The zero-order valence-corrected chi connectivity index (χ0v) is 9.85. The topological polar surface area (TPSA) is 52.0 Å². The van der Waals surface area contributed by atoms with Crippen LogP contribution in [0, 0.1) is 0 Å². The van der Waals surface area contributed by atoms with Crippen LogP contribution in [0.3, 0.4) is 0 Å². The SMILES string of the molecule is Cn1ncnc1CNCCOC1CCCC1. The van der Waals surface area contributed by atoms with Gasteiger partial charge in [-0.25, -0.2) is 4.98 Å². The van der Waals surface area contributed by atoms with Crippen LogP contribution in [0.25, 0.3) is 0 Å². The molecule has 0 bridgehead atoms. The Morgan fingerprint density at radius 3 is 3.00 bits per heavy atom. The van der Waals surface area contributed by atoms with Crippen LogP contribution in [-0.4, -0.2) is 34.0 Å². The van der Waals surface area contributed by atoms with E-state index in [0.29, 0.717) is 6.10 Å². The third-order valence-electron chi connectivity index (χ3n) is 3.02. The maximum absolute atomic E-state index is 5.75. The molecular formula is C11H20N4O. The Morgan fingerprint density at radius 2 is 2.31 bits per heavy atom. The highest BCUT2D eigenvalue weighted by molar-refractivity contribution is 4.81. The molecule has 90 valence electrons. The first-order chi connectivity index (χ1) is 7.86. The molecule has 0 radical (unpaired) electrons. The minimum Gasteiger partial charge on any atom is -0.377 e. The van der Waals surface area contributed by atoms with Crippen LogP contribution in [0.1, 0.15) is 31.5 Å². The van der Waals surface area contributed by atoms with Gasteiger partial charge in [-0.05, 0) is 12.8 Å². The molecule has 0 aromatic carbocycles. The van der Waals surface area contributed by atoms with E-state index in [1.54, 1.807) is 11.0 Å².